The molecule has 2 N–H and O–H groups in total. The van der Waals surface area contributed by atoms with E-state index in [1.54, 1.807) is 31.6 Å². The molecule has 0 aliphatic rings. The number of nitrogens with one attached hydrogen (secondary N) is 1. The molecule has 0 saturated carbocycles. The normalized spacial score (nSPS) is 13.5. The number of carbonyl (C=O) groups is 1. The number of benzene rings is 1. The van der Waals surface area contributed by atoms with Crippen molar-refractivity contribution in [2.24, 2.45) is 0 Å². The number of hydrogen-bond acceptors (Lipinski definition) is 4. The van der Waals surface area contributed by atoms with Gasteiger partial charge in [0.2, 0.25) is 0 Å². The number of aromatic nitrogens is 2. The van der Waals surface area contributed by atoms with Gasteiger partial charge in [-0.15, -0.1) is 0 Å². The average Bonchev–Trinajstić information content (AvgIpc) is 3.26. The van der Waals surface area contributed by atoms with Crippen LogP contribution in [0.3, 0.4) is 0 Å². The Balaban J connectivity index is 1.64. The Kier molecular flexibility index (Phi) is 4.27. The SMILES string of the molecule is CC(O)(CNC(=O)c1ccc(-n2ccnc2)cc1)c1ccsc1. The van der Waals surface area contributed by atoms with Crippen LogP contribution in [0.5, 0.6) is 0 Å². The number of aliphatic hydroxyl groups is 1. The summed E-state index contributed by atoms with van der Waals surface area (Å²) in [7, 11) is 0. The van der Waals surface area contributed by atoms with Crippen molar-refractivity contribution >= 4 is 17.2 Å². The highest BCUT2D eigenvalue weighted by atomic mass is 32.1. The maximum absolute atomic E-state index is 12.2. The summed E-state index contributed by atoms with van der Waals surface area (Å²) in [6.45, 7) is 1.85. The maximum Gasteiger partial charge on any atom is 0.251 e. The van der Waals surface area contributed by atoms with Gasteiger partial charge in [0, 0.05) is 23.6 Å². The molecule has 0 radical (unpaired) electrons. The minimum absolute atomic E-state index is 0.159. The number of carbonyl (C=O) groups excluding carboxylic acids is 1. The zero-order valence-corrected chi connectivity index (χ0v) is 13.5. The first-order valence-electron chi connectivity index (χ1n) is 7.18. The molecule has 6 heteroatoms. The molecule has 0 aliphatic carbocycles. The molecule has 2 heterocycles. The van der Waals surface area contributed by atoms with Crippen LogP contribution in [0, 0.1) is 0 Å². The van der Waals surface area contributed by atoms with Crippen molar-refractivity contribution in [2.75, 3.05) is 6.54 Å². The van der Waals surface area contributed by atoms with Gasteiger partial charge in [0.05, 0.1) is 12.9 Å². The Morgan fingerprint density at radius 1 is 1.35 bits per heavy atom. The fourth-order valence-corrected chi connectivity index (χ4v) is 3.01. The second-order valence-corrected chi connectivity index (χ2v) is 6.27. The van der Waals surface area contributed by atoms with Crippen LogP contribution in [0.25, 0.3) is 5.69 Å². The standard InChI is InChI=1S/C17H17N3O2S/c1-17(22,14-6-9-23-10-14)11-19-16(21)13-2-4-15(5-3-13)20-8-7-18-12-20/h2-10,12,22H,11H2,1H3,(H,19,21). The fourth-order valence-electron chi connectivity index (χ4n) is 2.22. The van der Waals surface area contributed by atoms with E-state index in [1.165, 1.54) is 11.3 Å². The molecule has 1 unspecified atom stereocenters. The minimum atomic E-state index is -1.08. The molecule has 0 fully saturated rings. The lowest BCUT2D eigenvalue weighted by Crippen LogP contribution is -2.38. The second-order valence-electron chi connectivity index (χ2n) is 5.49. The lowest BCUT2D eigenvalue weighted by molar-refractivity contribution is 0.0530. The molecule has 0 aliphatic heterocycles. The van der Waals surface area contributed by atoms with Crippen LogP contribution in [0.2, 0.25) is 0 Å². The summed E-state index contributed by atoms with van der Waals surface area (Å²) in [5.41, 5.74) is 1.21. The van der Waals surface area contributed by atoms with E-state index in [-0.39, 0.29) is 12.5 Å². The Morgan fingerprint density at radius 2 is 2.13 bits per heavy atom. The molecule has 23 heavy (non-hydrogen) atoms. The van der Waals surface area contributed by atoms with Gasteiger partial charge in [0.1, 0.15) is 5.60 Å². The predicted molar refractivity (Wildman–Crippen MR) is 89.8 cm³/mol. The number of amides is 1. The van der Waals surface area contributed by atoms with Gasteiger partial charge < -0.3 is 15.0 Å². The van der Waals surface area contributed by atoms with Crippen molar-refractivity contribution in [1.82, 2.24) is 14.9 Å². The largest absolute Gasteiger partial charge is 0.384 e. The van der Waals surface area contributed by atoms with Crippen LogP contribution < -0.4 is 5.32 Å². The van der Waals surface area contributed by atoms with Crippen molar-refractivity contribution in [3.05, 3.63) is 70.9 Å². The van der Waals surface area contributed by atoms with Gasteiger partial charge in [-0.1, -0.05) is 0 Å². The monoisotopic (exact) mass is 327 g/mol. The lowest BCUT2D eigenvalue weighted by Gasteiger charge is -2.22. The van der Waals surface area contributed by atoms with E-state index in [9.17, 15) is 9.90 Å². The van der Waals surface area contributed by atoms with Crippen molar-refractivity contribution in [1.29, 1.82) is 0 Å². The van der Waals surface area contributed by atoms with Crippen LogP contribution in [0.1, 0.15) is 22.8 Å². The molecular formula is C17H17N3O2S. The molecule has 118 valence electrons. The third-order valence-corrected chi connectivity index (χ3v) is 4.35. The van der Waals surface area contributed by atoms with Crippen LogP contribution in [-0.2, 0) is 5.60 Å². The van der Waals surface area contributed by atoms with Gasteiger partial charge >= 0.3 is 0 Å². The summed E-state index contributed by atoms with van der Waals surface area (Å²) in [4.78, 5) is 16.2. The molecule has 0 bridgehead atoms. The maximum atomic E-state index is 12.2. The van der Waals surface area contributed by atoms with E-state index in [2.05, 4.69) is 10.3 Å². The Morgan fingerprint density at radius 3 is 2.74 bits per heavy atom. The van der Waals surface area contributed by atoms with E-state index in [0.29, 0.717) is 5.56 Å². The zero-order chi connectivity index (χ0) is 16.3. The number of thiophene rings is 1. The summed E-state index contributed by atoms with van der Waals surface area (Å²) >= 11 is 1.52. The van der Waals surface area contributed by atoms with Crippen LogP contribution in [-0.4, -0.2) is 27.1 Å². The smallest absolute Gasteiger partial charge is 0.251 e. The molecule has 3 rings (SSSR count). The highest BCUT2D eigenvalue weighted by Crippen LogP contribution is 2.22. The van der Waals surface area contributed by atoms with E-state index in [4.69, 9.17) is 0 Å². The Hall–Kier alpha value is -2.44. The topological polar surface area (TPSA) is 67.2 Å². The van der Waals surface area contributed by atoms with Gasteiger partial charge in [-0.05, 0) is 53.6 Å². The highest BCUT2D eigenvalue weighted by molar-refractivity contribution is 7.08. The molecule has 3 aromatic rings. The summed E-state index contributed by atoms with van der Waals surface area (Å²) in [6, 6.07) is 9.08. The fraction of sp³-hybridized carbons (Fsp3) is 0.176. The van der Waals surface area contributed by atoms with Gasteiger partial charge in [0.15, 0.2) is 0 Å². The second kappa shape index (κ2) is 6.36. The van der Waals surface area contributed by atoms with E-state index in [1.807, 2.05) is 39.7 Å². The first-order valence-corrected chi connectivity index (χ1v) is 8.12. The highest BCUT2D eigenvalue weighted by Gasteiger charge is 2.24. The quantitative estimate of drug-likeness (QED) is 0.757. The van der Waals surface area contributed by atoms with E-state index < -0.39 is 5.60 Å². The summed E-state index contributed by atoms with van der Waals surface area (Å²) < 4.78 is 1.86. The van der Waals surface area contributed by atoms with Crippen LogP contribution >= 0.6 is 11.3 Å². The molecule has 0 saturated heterocycles. The van der Waals surface area contributed by atoms with Gasteiger partial charge in [0.25, 0.3) is 5.91 Å². The molecule has 2 aromatic heterocycles. The van der Waals surface area contributed by atoms with Gasteiger partial charge in [-0.3, -0.25) is 4.79 Å². The van der Waals surface area contributed by atoms with E-state index in [0.717, 1.165) is 11.3 Å². The predicted octanol–water partition coefficient (Wildman–Crippen LogP) is 2.57. The Bertz CT molecular complexity index is 763. The zero-order valence-electron chi connectivity index (χ0n) is 12.6. The van der Waals surface area contributed by atoms with Crippen LogP contribution in [0.4, 0.5) is 0 Å². The summed E-state index contributed by atoms with van der Waals surface area (Å²) in [5.74, 6) is -0.210. The van der Waals surface area contributed by atoms with E-state index >= 15 is 0 Å². The average molecular weight is 327 g/mol. The summed E-state index contributed by atoms with van der Waals surface area (Å²) in [6.07, 6.45) is 5.24. The third kappa shape index (κ3) is 3.49. The van der Waals surface area contributed by atoms with Crippen molar-refractivity contribution in [3.63, 3.8) is 0 Å². The van der Waals surface area contributed by atoms with Gasteiger partial charge in [-0.25, -0.2) is 4.98 Å². The molecular weight excluding hydrogens is 310 g/mol. The van der Waals surface area contributed by atoms with Crippen molar-refractivity contribution in [2.45, 2.75) is 12.5 Å². The molecule has 0 spiro atoms. The number of nitrogens with zero attached hydrogens (tertiary/aromatic N) is 2. The van der Waals surface area contributed by atoms with Crippen molar-refractivity contribution < 1.29 is 9.90 Å². The molecule has 1 atom stereocenters. The first-order chi connectivity index (χ1) is 11.1. The Labute approximate surface area is 138 Å². The molecule has 5 nitrogen and oxygen atoms in total. The third-order valence-electron chi connectivity index (χ3n) is 3.67. The van der Waals surface area contributed by atoms with Crippen LogP contribution in [0.15, 0.2) is 59.8 Å². The summed E-state index contributed by atoms with van der Waals surface area (Å²) in [5, 5.41) is 17.0. The molecule has 1 aromatic carbocycles. The lowest BCUT2D eigenvalue weighted by atomic mass is 9.99. The molecule has 1 amide bonds. The van der Waals surface area contributed by atoms with Gasteiger partial charge in [-0.2, -0.15) is 11.3 Å². The number of hydrogen-bond donors (Lipinski definition) is 2. The number of rotatable bonds is 5. The number of imidazole rings is 1. The first kappa shape index (κ1) is 15.5. The minimum Gasteiger partial charge on any atom is -0.384 e. The van der Waals surface area contributed by atoms with Crippen molar-refractivity contribution in [3.8, 4) is 5.69 Å².